The van der Waals surface area contributed by atoms with E-state index in [2.05, 4.69) is 11.9 Å². The van der Waals surface area contributed by atoms with Gasteiger partial charge >= 0.3 is 0 Å². The van der Waals surface area contributed by atoms with E-state index in [4.69, 9.17) is 5.73 Å². The molecule has 0 aliphatic rings. The van der Waals surface area contributed by atoms with Crippen LogP contribution in [-0.4, -0.2) is 45.1 Å². The van der Waals surface area contributed by atoms with E-state index in [0.717, 1.165) is 12.8 Å². The van der Waals surface area contributed by atoms with Crippen LogP contribution in [0.3, 0.4) is 0 Å². The summed E-state index contributed by atoms with van der Waals surface area (Å²) >= 11 is 0. The Morgan fingerprint density at radius 2 is 1.81 bits per heavy atom. The number of amides is 1. The molecule has 2 rings (SSSR count). The zero-order valence-corrected chi connectivity index (χ0v) is 20.9. The predicted octanol–water partition coefficient (Wildman–Crippen LogP) is 4.58. The molecule has 180 valence electrons. The van der Waals surface area contributed by atoms with E-state index in [-0.39, 0.29) is 54.9 Å². The molecule has 2 atom stereocenters. The van der Waals surface area contributed by atoms with Gasteiger partial charge in [-0.15, -0.1) is 24.8 Å². The fourth-order valence-corrected chi connectivity index (χ4v) is 3.40. The van der Waals surface area contributed by atoms with Crippen molar-refractivity contribution in [1.29, 1.82) is 0 Å². The molecule has 32 heavy (non-hydrogen) atoms. The largest absolute Gasteiger partial charge is 0.391 e. The lowest BCUT2D eigenvalue weighted by atomic mass is 9.96. The first-order chi connectivity index (χ1) is 14.1. The fourth-order valence-electron chi connectivity index (χ4n) is 3.40. The molecular weight excluding hydrogens is 452 g/mol. The Kier molecular flexibility index (Phi) is 13.0. The number of hydrogen-bond acceptors (Lipinski definition) is 4. The molecule has 1 aromatic heterocycles. The highest BCUT2D eigenvalue weighted by Gasteiger charge is 2.29. The van der Waals surface area contributed by atoms with Gasteiger partial charge in [0.1, 0.15) is 5.82 Å². The third-order valence-corrected chi connectivity index (χ3v) is 5.22. The van der Waals surface area contributed by atoms with Gasteiger partial charge < -0.3 is 15.7 Å². The first kappa shape index (κ1) is 30.3. The number of carbonyl (C=O) groups is 1. The lowest BCUT2D eigenvalue weighted by Crippen LogP contribution is -2.46. The number of rotatable bonds is 9. The van der Waals surface area contributed by atoms with Gasteiger partial charge in [0.05, 0.1) is 17.4 Å². The van der Waals surface area contributed by atoms with E-state index in [1.54, 1.807) is 36.5 Å². The molecule has 8 heteroatoms. The van der Waals surface area contributed by atoms with E-state index >= 15 is 0 Å². The van der Waals surface area contributed by atoms with Crippen molar-refractivity contribution in [1.82, 2.24) is 9.88 Å². The Balaban J connectivity index is 0.00000480. The normalized spacial score (nSPS) is 12.8. The number of carbonyl (C=O) groups excluding carboxylic acids is 1. The number of unbranched alkanes of at least 4 members (excludes halogenated alkanes) is 1. The lowest BCUT2D eigenvalue weighted by Gasteiger charge is -2.36. The molecular formula is C24H36Cl2FN3O2. The molecule has 1 amide bonds. The fraction of sp³-hybridized carbons (Fsp3) is 0.500. The third-order valence-electron chi connectivity index (χ3n) is 5.22. The first-order valence-electron chi connectivity index (χ1n) is 10.6. The highest BCUT2D eigenvalue weighted by atomic mass is 35.5. The van der Waals surface area contributed by atoms with Gasteiger partial charge in [-0.1, -0.05) is 31.5 Å². The van der Waals surface area contributed by atoms with Crippen molar-refractivity contribution in [2.75, 3.05) is 6.54 Å². The monoisotopic (exact) mass is 487 g/mol. The van der Waals surface area contributed by atoms with Gasteiger partial charge in [-0.25, -0.2) is 4.39 Å². The van der Waals surface area contributed by atoms with Gasteiger partial charge in [0, 0.05) is 30.7 Å². The summed E-state index contributed by atoms with van der Waals surface area (Å²) in [6, 6.07) is 9.18. The van der Waals surface area contributed by atoms with Crippen LogP contribution in [-0.2, 0) is 12.8 Å². The summed E-state index contributed by atoms with van der Waals surface area (Å²) in [6.45, 7) is 8.78. The molecule has 5 nitrogen and oxygen atoms in total. The highest BCUT2D eigenvalue weighted by molar-refractivity contribution is 5.95. The number of aromatic nitrogens is 1. The lowest BCUT2D eigenvalue weighted by molar-refractivity contribution is 0.0575. The van der Waals surface area contributed by atoms with Gasteiger partial charge in [-0.3, -0.25) is 9.78 Å². The zero-order chi connectivity index (χ0) is 22.3. The summed E-state index contributed by atoms with van der Waals surface area (Å²) in [6.07, 6.45) is 2.88. The molecule has 0 unspecified atom stereocenters. The minimum absolute atomic E-state index is 0. The summed E-state index contributed by atoms with van der Waals surface area (Å²) in [5, 5.41) is 10.7. The highest BCUT2D eigenvalue weighted by Crippen LogP contribution is 2.21. The second-order valence-electron chi connectivity index (χ2n) is 8.71. The quantitative estimate of drug-likeness (QED) is 0.542. The number of pyridine rings is 1. The standard InChI is InChI=1S/C24H34FN3O2.2ClH/c1-5-6-14-28(24(2,3)4)23(30)18-11-9-13-27-21(18)16-22(29)20(26)15-17-10-7-8-12-19(17)25;;/h7-13,20,22,29H,5-6,14-16,26H2,1-4H3;2*1H/t20-,22+;;/m1../s1. The maximum absolute atomic E-state index is 13.9. The summed E-state index contributed by atoms with van der Waals surface area (Å²) in [7, 11) is 0. The van der Waals surface area contributed by atoms with Crippen LogP contribution in [0.1, 0.15) is 62.2 Å². The minimum atomic E-state index is -0.954. The average Bonchev–Trinajstić information content (AvgIpc) is 2.69. The van der Waals surface area contributed by atoms with Crippen LogP contribution in [0.2, 0.25) is 0 Å². The molecule has 2 aromatic rings. The van der Waals surface area contributed by atoms with Gasteiger partial charge in [0.25, 0.3) is 5.91 Å². The average molecular weight is 488 g/mol. The smallest absolute Gasteiger partial charge is 0.256 e. The van der Waals surface area contributed by atoms with Gasteiger partial charge in [-0.2, -0.15) is 0 Å². The Morgan fingerprint density at radius 3 is 2.41 bits per heavy atom. The molecule has 0 aliphatic heterocycles. The van der Waals surface area contributed by atoms with E-state index in [0.29, 0.717) is 23.4 Å². The van der Waals surface area contributed by atoms with Gasteiger partial charge in [0.2, 0.25) is 0 Å². The molecule has 1 aromatic carbocycles. The Labute approximate surface area is 203 Å². The molecule has 0 spiro atoms. The third kappa shape index (κ3) is 8.32. The Hall–Kier alpha value is -1.73. The van der Waals surface area contributed by atoms with Crippen molar-refractivity contribution in [2.45, 2.75) is 71.1 Å². The number of nitrogens with two attached hydrogens (primary N) is 1. The molecule has 0 saturated heterocycles. The SMILES string of the molecule is CCCCN(C(=O)c1cccnc1C[C@H](O)[C@H](N)Cc1ccccc1F)C(C)(C)C.Cl.Cl. The molecule has 0 bridgehead atoms. The Morgan fingerprint density at radius 1 is 1.16 bits per heavy atom. The van der Waals surface area contributed by atoms with Crippen molar-refractivity contribution in [3.8, 4) is 0 Å². The number of nitrogens with zero attached hydrogens (tertiary/aromatic N) is 2. The predicted molar refractivity (Wildman–Crippen MR) is 132 cm³/mol. The summed E-state index contributed by atoms with van der Waals surface area (Å²) in [5.74, 6) is -0.445. The summed E-state index contributed by atoms with van der Waals surface area (Å²) in [5.41, 5.74) is 7.25. The van der Waals surface area contributed by atoms with Crippen LogP contribution in [0, 0.1) is 5.82 Å². The number of aliphatic hydroxyl groups excluding tert-OH is 1. The van der Waals surface area contributed by atoms with E-state index in [1.807, 2.05) is 25.7 Å². The van der Waals surface area contributed by atoms with E-state index in [1.165, 1.54) is 6.07 Å². The molecule has 0 saturated carbocycles. The first-order valence-corrected chi connectivity index (χ1v) is 10.6. The van der Waals surface area contributed by atoms with Gasteiger partial charge in [0.15, 0.2) is 0 Å². The van der Waals surface area contributed by atoms with Crippen molar-refractivity contribution in [2.24, 2.45) is 5.73 Å². The van der Waals surface area contributed by atoms with Crippen molar-refractivity contribution in [3.05, 3.63) is 65.2 Å². The summed E-state index contributed by atoms with van der Waals surface area (Å²) < 4.78 is 13.9. The molecule has 1 heterocycles. The maximum Gasteiger partial charge on any atom is 0.256 e. The van der Waals surface area contributed by atoms with Crippen molar-refractivity contribution >= 4 is 30.7 Å². The second-order valence-corrected chi connectivity index (χ2v) is 8.71. The number of hydrogen-bond donors (Lipinski definition) is 2. The topological polar surface area (TPSA) is 79.5 Å². The minimum Gasteiger partial charge on any atom is -0.391 e. The van der Waals surface area contributed by atoms with E-state index in [9.17, 15) is 14.3 Å². The van der Waals surface area contributed by atoms with Crippen molar-refractivity contribution in [3.63, 3.8) is 0 Å². The number of benzene rings is 1. The molecule has 0 fully saturated rings. The summed E-state index contributed by atoms with van der Waals surface area (Å²) in [4.78, 5) is 19.5. The molecule has 0 aliphatic carbocycles. The maximum atomic E-state index is 13.9. The van der Waals surface area contributed by atoms with Crippen LogP contribution < -0.4 is 5.73 Å². The molecule has 0 radical (unpaired) electrons. The van der Waals surface area contributed by atoms with Crippen molar-refractivity contribution < 1.29 is 14.3 Å². The van der Waals surface area contributed by atoms with Crippen LogP contribution in [0.5, 0.6) is 0 Å². The van der Waals surface area contributed by atoms with Crippen LogP contribution in [0.4, 0.5) is 4.39 Å². The van der Waals surface area contributed by atoms with Crippen LogP contribution >= 0.6 is 24.8 Å². The Bertz CT molecular complexity index is 846. The number of aliphatic hydroxyl groups is 1. The van der Waals surface area contributed by atoms with Gasteiger partial charge in [-0.05, 0) is 57.4 Å². The zero-order valence-electron chi connectivity index (χ0n) is 19.3. The van der Waals surface area contributed by atoms with Crippen LogP contribution in [0.25, 0.3) is 0 Å². The number of halogens is 3. The van der Waals surface area contributed by atoms with E-state index < -0.39 is 12.1 Å². The second kappa shape index (κ2) is 13.7. The molecule has 3 N–H and O–H groups in total. The van der Waals surface area contributed by atoms with Crippen LogP contribution in [0.15, 0.2) is 42.6 Å².